The number of hydrogen-bond donors (Lipinski definition) is 0. The van der Waals surface area contributed by atoms with E-state index in [2.05, 4.69) is 9.97 Å². The topological polar surface area (TPSA) is 38.9 Å². The normalized spacial score (nSPS) is 10.6. The molecule has 0 atom stereocenters. The molecule has 0 saturated heterocycles. The van der Waals surface area contributed by atoms with Gasteiger partial charge in [0.1, 0.15) is 17.8 Å². The van der Waals surface area contributed by atoms with Gasteiger partial charge >= 0.3 is 0 Å². The molecule has 19 heavy (non-hydrogen) atoms. The van der Waals surface area contributed by atoms with Crippen LogP contribution in [-0.2, 0) is 6.42 Å². The molecule has 0 bridgehead atoms. The first-order chi connectivity index (χ1) is 9.31. The summed E-state index contributed by atoms with van der Waals surface area (Å²) in [5, 5.41) is 0. The van der Waals surface area contributed by atoms with Gasteiger partial charge in [-0.1, -0.05) is 12.1 Å². The minimum atomic E-state index is -0.243. The summed E-state index contributed by atoms with van der Waals surface area (Å²) < 4.78 is 18.2. The molecule has 0 N–H and O–H groups in total. The summed E-state index contributed by atoms with van der Waals surface area (Å²) in [7, 11) is 0. The van der Waals surface area contributed by atoms with E-state index in [-0.39, 0.29) is 5.82 Å². The Balaban J connectivity index is 1.80. The molecule has 0 fully saturated rings. The first-order valence-electron chi connectivity index (χ1n) is 5.90. The van der Waals surface area contributed by atoms with Crippen molar-refractivity contribution in [3.63, 3.8) is 0 Å². The van der Waals surface area contributed by atoms with E-state index in [1.54, 1.807) is 30.8 Å². The van der Waals surface area contributed by atoms with Crippen molar-refractivity contribution in [1.29, 1.82) is 0 Å². The highest BCUT2D eigenvalue weighted by Crippen LogP contribution is 2.18. The highest BCUT2D eigenvalue weighted by molar-refractivity contribution is 5.56. The van der Waals surface area contributed by atoms with Gasteiger partial charge in [-0.05, 0) is 29.8 Å². The molecule has 0 saturated carbocycles. The number of rotatable bonds is 3. The summed E-state index contributed by atoms with van der Waals surface area (Å²) in [6.07, 6.45) is 5.60. The molecule has 0 aliphatic rings. The van der Waals surface area contributed by atoms with E-state index < -0.39 is 0 Å². The third-order valence-corrected chi connectivity index (χ3v) is 2.78. The Morgan fingerprint density at radius 2 is 1.95 bits per heavy atom. The van der Waals surface area contributed by atoms with Crippen molar-refractivity contribution >= 4 is 0 Å². The third-order valence-electron chi connectivity index (χ3n) is 2.78. The van der Waals surface area contributed by atoms with Crippen molar-refractivity contribution in [3.8, 4) is 11.3 Å². The van der Waals surface area contributed by atoms with Gasteiger partial charge in [0.05, 0.1) is 0 Å². The molecule has 0 amide bonds. The van der Waals surface area contributed by atoms with Crippen molar-refractivity contribution < 1.29 is 8.81 Å². The molecule has 3 nitrogen and oxygen atoms in total. The number of nitrogens with zero attached hydrogens (tertiary/aromatic N) is 2. The number of hydrogen-bond acceptors (Lipinski definition) is 3. The molecule has 0 radical (unpaired) electrons. The number of pyridine rings is 1. The highest BCUT2D eigenvalue weighted by Gasteiger charge is 2.07. The van der Waals surface area contributed by atoms with E-state index in [0.29, 0.717) is 12.3 Å². The summed E-state index contributed by atoms with van der Waals surface area (Å²) in [6, 6.07) is 10.1. The minimum Gasteiger partial charge on any atom is -0.448 e. The zero-order chi connectivity index (χ0) is 13.1. The molecule has 3 rings (SSSR count). The van der Waals surface area contributed by atoms with Crippen LogP contribution in [0, 0.1) is 5.82 Å². The van der Waals surface area contributed by atoms with E-state index in [1.807, 2.05) is 12.1 Å². The average molecular weight is 254 g/mol. The smallest absolute Gasteiger partial charge is 0.198 e. The van der Waals surface area contributed by atoms with Crippen LogP contribution in [0.1, 0.15) is 11.5 Å². The second-order valence-corrected chi connectivity index (χ2v) is 4.17. The molecular formula is C15H11FN2O. The molecule has 0 aliphatic carbocycles. The van der Waals surface area contributed by atoms with Gasteiger partial charge in [0, 0.05) is 24.4 Å². The van der Waals surface area contributed by atoms with Crippen LogP contribution in [0.4, 0.5) is 4.39 Å². The van der Waals surface area contributed by atoms with E-state index in [1.165, 1.54) is 12.1 Å². The maximum absolute atomic E-state index is 12.8. The maximum Gasteiger partial charge on any atom is 0.198 e. The van der Waals surface area contributed by atoms with Crippen molar-refractivity contribution in [2.24, 2.45) is 0 Å². The van der Waals surface area contributed by atoms with Gasteiger partial charge in [0.2, 0.25) is 0 Å². The zero-order valence-electron chi connectivity index (χ0n) is 10.1. The van der Waals surface area contributed by atoms with Crippen LogP contribution in [0.5, 0.6) is 0 Å². The fourth-order valence-corrected chi connectivity index (χ4v) is 1.82. The largest absolute Gasteiger partial charge is 0.448 e. The minimum absolute atomic E-state index is 0.243. The van der Waals surface area contributed by atoms with Crippen LogP contribution < -0.4 is 0 Å². The van der Waals surface area contributed by atoms with Crippen molar-refractivity contribution in [2.75, 3.05) is 0 Å². The Kier molecular flexibility index (Phi) is 3.06. The van der Waals surface area contributed by atoms with Gasteiger partial charge < -0.3 is 4.42 Å². The fraction of sp³-hybridized carbons (Fsp3) is 0.0667. The van der Waals surface area contributed by atoms with Crippen molar-refractivity contribution in [1.82, 2.24) is 9.97 Å². The molecular weight excluding hydrogens is 243 g/mol. The molecule has 2 heterocycles. The summed E-state index contributed by atoms with van der Waals surface area (Å²) >= 11 is 0. The van der Waals surface area contributed by atoms with Gasteiger partial charge in [-0.3, -0.25) is 4.98 Å². The Hall–Kier alpha value is -2.49. The zero-order valence-corrected chi connectivity index (χ0v) is 10.1. The van der Waals surface area contributed by atoms with Gasteiger partial charge in [0.15, 0.2) is 5.89 Å². The van der Waals surface area contributed by atoms with Gasteiger partial charge in [-0.2, -0.15) is 0 Å². The number of halogens is 1. The molecule has 94 valence electrons. The third kappa shape index (κ3) is 2.68. The van der Waals surface area contributed by atoms with E-state index >= 15 is 0 Å². The van der Waals surface area contributed by atoms with Crippen LogP contribution in [-0.4, -0.2) is 9.97 Å². The highest BCUT2D eigenvalue weighted by atomic mass is 19.1. The Labute approximate surface area is 109 Å². The number of benzene rings is 1. The second kappa shape index (κ2) is 5.02. The lowest BCUT2D eigenvalue weighted by Gasteiger charge is -1.96. The summed E-state index contributed by atoms with van der Waals surface area (Å²) in [4.78, 5) is 8.44. The lowest BCUT2D eigenvalue weighted by Crippen LogP contribution is -1.89. The first-order valence-corrected chi connectivity index (χ1v) is 5.90. The maximum atomic E-state index is 12.8. The Morgan fingerprint density at radius 1 is 1.11 bits per heavy atom. The van der Waals surface area contributed by atoms with Gasteiger partial charge in [-0.15, -0.1) is 0 Å². The van der Waals surface area contributed by atoms with Gasteiger partial charge in [-0.25, -0.2) is 9.37 Å². The molecule has 3 aromatic rings. The summed E-state index contributed by atoms with van der Waals surface area (Å²) in [5.74, 6) is 0.359. The van der Waals surface area contributed by atoms with Crippen molar-refractivity contribution in [2.45, 2.75) is 6.42 Å². The quantitative estimate of drug-likeness (QED) is 0.718. The molecule has 0 unspecified atom stereocenters. The van der Waals surface area contributed by atoms with Crippen LogP contribution in [0.15, 0.2) is 59.5 Å². The van der Waals surface area contributed by atoms with E-state index in [9.17, 15) is 4.39 Å². The van der Waals surface area contributed by atoms with Crippen LogP contribution in [0.25, 0.3) is 11.3 Å². The molecule has 0 spiro atoms. The van der Waals surface area contributed by atoms with Crippen LogP contribution in [0.2, 0.25) is 0 Å². The van der Waals surface area contributed by atoms with Crippen LogP contribution in [0.3, 0.4) is 0 Å². The monoisotopic (exact) mass is 254 g/mol. The lowest BCUT2D eigenvalue weighted by atomic mass is 10.1. The average Bonchev–Trinajstić information content (AvgIpc) is 2.91. The molecule has 0 aliphatic heterocycles. The molecule has 1 aromatic carbocycles. The SMILES string of the molecule is Fc1ccc(Cc2nc(-c3cccnc3)co2)cc1. The predicted octanol–water partition coefficient (Wildman–Crippen LogP) is 3.47. The molecule has 4 heteroatoms. The van der Waals surface area contributed by atoms with E-state index in [4.69, 9.17) is 4.42 Å². The standard InChI is InChI=1S/C15H11FN2O/c16-13-5-3-11(4-6-13)8-15-18-14(10-19-15)12-2-1-7-17-9-12/h1-7,9-10H,8H2. The summed E-state index contributed by atoms with van der Waals surface area (Å²) in [6.45, 7) is 0. The number of aromatic nitrogens is 2. The van der Waals surface area contributed by atoms with Gasteiger partial charge in [0.25, 0.3) is 0 Å². The van der Waals surface area contributed by atoms with Crippen molar-refractivity contribution in [3.05, 3.63) is 72.3 Å². The molecule has 2 aromatic heterocycles. The number of oxazole rings is 1. The summed E-state index contributed by atoms with van der Waals surface area (Å²) in [5.41, 5.74) is 2.63. The lowest BCUT2D eigenvalue weighted by molar-refractivity contribution is 0.507. The first kappa shape index (κ1) is 11.6. The van der Waals surface area contributed by atoms with Crippen LogP contribution >= 0.6 is 0 Å². The second-order valence-electron chi connectivity index (χ2n) is 4.17. The Bertz CT molecular complexity index is 662. The van der Waals surface area contributed by atoms with E-state index in [0.717, 1.165) is 16.8 Å². The Morgan fingerprint density at radius 3 is 2.68 bits per heavy atom. The predicted molar refractivity (Wildman–Crippen MR) is 68.9 cm³/mol. The fourth-order valence-electron chi connectivity index (χ4n) is 1.82.